The van der Waals surface area contributed by atoms with Gasteiger partial charge in [0.1, 0.15) is 24.4 Å². The minimum absolute atomic E-state index is 0.00938. The topological polar surface area (TPSA) is 167 Å². The number of thiazole rings is 1. The average Bonchev–Trinajstić information content (AvgIpc) is 3.66. The summed E-state index contributed by atoms with van der Waals surface area (Å²) >= 11 is 1.57. The predicted molar refractivity (Wildman–Crippen MR) is 181 cm³/mol. The number of aliphatic hydroxyl groups is 1. The second kappa shape index (κ2) is 16.7. The van der Waals surface area contributed by atoms with Gasteiger partial charge in [-0.25, -0.2) is 9.78 Å². The molecule has 3 unspecified atom stereocenters. The van der Waals surface area contributed by atoms with E-state index in [0.29, 0.717) is 31.8 Å². The fourth-order valence-corrected chi connectivity index (χ4v) is 6.15. The number of aromatic carboxylic acids is 1. The lowest BCUT2D eigenvalue weighted by atomic mass is 9.85. The molecule has 13 heteroatoms. The molecule has 3 amide bonds. The van der Waals surface area contributed by atoms with Crippen LogP contribution in [-0.2, 0) is 25.7 Å². The number of nitrogens with one attached hydrogen (secondary N) is 2. The smallest absolute Gasteiger partial charge is 0.335 e. The van der Waals surface area contributed by atoms with Crippen LogP contribution in [0.25, 0.3) is 10.4 Å². The van der Waals surface area contributed by atoms with Gasteiger partial charge in [0, 0.05) is 26.1 Å². The first-order valence-electron chi connectivity index (χ1n) is 15.9. The molecule has 0 radical (unpaired) electrons. The van der Waals surface area contributed by atoms with Gasteiger partial charge in [-0.3, -0.25) is 14.4 Å². The molecule has 0 bridgehead atoms. The van der Waals surface area contributed by atoms with Crippen molar-refractivity contribution in [3.05, 3.63) is 70.9 Å². The molecular weight excluding hydrogens is 636 g/mol. The van der Waals surface area contributed by atoms with Crippen molar-refractivity contribution in [1.29, 1.82) is 0 Å². The highest BCUT2D eigenvalue weighted by Gasteiger charge is 2.44. The molecule has 2 aromatic carbocycles. The Morgan fingerprint density at radius 3 is 2.35 bits per heavy atom. The second-order valence-corrected chi connectivity index (χ2v) is 13.7. The third-order valence-electron chi connectivity index (χ3n) is 8.00. The third kappa shape index (κ3) is 10.1. The summed E-state index contributed by atoms with van der Waals surface area (Å²) in [6, 6.07) is 12.2. The first kappa shape index (κ1) is 36.5. The van der Waals surface area contributed by atoms with E-state index in [0.717, 1.165) is 21.7 Å². The molecule has 4 rings (SSSR count). The van der Waals surface area contributed by atoms with Gasteiger partial charge < -0.3 is 35.2 Å². The van der Waals surface area contributed by atoms with Crippen LogP contribution < -0.4 is 15.4 Å². The Morgan fingerprint density at radius 2 is 1.73 bits per heavy atom. The summed E-state index contributed by atoms with van der Waals surface area (Å²) in [5.41, 5.74) is 4.22. The van der Waals surface area contributed by atoms with Crippen LogP contribution in [0.3, 0.4) is 0 Å². The SMILES string of the molecule is Cc1ncsc1-c1ccc(CNC(=O)C2CC(O)CN2C(=O)C(NC(=O)COCCCCOc2ccc(C(=O)O)cc2)C(C)(C)C)cc1. The highest BCUT2D eigenvalue weighted by molar-refractivity contribution is 7.13. The van der Waals surface area contributed by atoms with Crippen molar-refractivity contribution in [3.8, 4) is 16.2 Å². The maximum absolute atomic E-state index is 13.8. The van der Waals surface area contributed by atoms with Gasteiger partial charge >= 0.3 is 5.97 Å². The number of benzene rings is 2. The van der Waals surface area contributed by atoms with Crippen molar-refractivity contribution in [1.82, 2.24) is 20.5 Å². The lowest BCUT2D eigenvalue weighted by molar-refractivity contribution is -0.144. The van der Waals surface area contributed by atoms with Crippen LogP contribution >= 0.6 is 11.3 Å². The number of rotatable bonds is 15. The normalized spacial score (nSPS) is 16.7. The number of carbonyl (C=O) groups excluding carboxylic acids is 3. The summed E-state index contributed by atoms with van der Waals surface area (Å²) < 4.78 is 11.1. The number of nitrogens with zero attached hydrogens (tertiary/aromatic N) is 2. The van der Waals surface area contributed by atoms with Gasteiger partial charge in [-0.05, 0) is 60.6 Å². The Balaban J connectivity index is 1.23. The summed E-state index contributed by atoms with van der Waals surface area (Å²) in [6.07, 6.45) is 0.524. The van der Waals surface area contributed by atoms with Gasteiger partial charge in [0.05, 0.1) is 34.4 Å². The van der Waals surface area contributed by atoms with Gasteiger partial charge in [-0.15, -0.1) is 11.3 Å². The number of aliphatic hydroxyl groups excluding tert-OH is 1. The van der Waals surface area contributed by atoms with Crippen molar-refractivity contribution >= 4 is 35.0 Å². The molecule has 12 nitrogen and oxygen atoms in total. The number of β-amino-alcohol motifs (C(OH)–C–C–N with tert-alkyl or cyclic N) is 1. The van der Waals surface area contributed by atoms with Gasteiger partial charge in [-0.2, -0.15) is 0 Å². The van der Waals surface area contributed by atoms with E-state index in [1.807, 2.05) is 57.5 Å². The van der Waals surface area contributed by atoms with Crippen LogP contribution in [0.4, 0.5) is 0 Å². The monoisotopic (exact) mass is 680 g/mol. The molecule has 1 saturated heterocycles. The number of ether oxygens (including phenoxy) is 2. The van der Waals surface area contributed by atoms with Crippen molar-refractivity contribution in [2.45, 2.75) is 71.7 Å². The Morgan fingerprint density at radius 1 is 1.04 bits per heavy atom. The second-order valence-electron chi connectivity index (χ2n) is 12.9. The number of amides is 3. The van der Waals surface area contributed by atoms with Crippen LogP contribution in [-0.4, -0.2) is 88.3 Å². The third-order valence-corrected chi connectivity index (χ3v) is 8.98. The standard InChI is InChI=1S/C35H44N4O8S/c1-22-30(48-21-37-22)24-9-7-23(8-10-24)18-36-32(42)28-17-26(40)19-39(28)33(43)31(35(2,3)4)38-29(41)20-46-15-5-6-16-47-27-13-11-25(12-14-27)34(44)45/h7-14,21,26,28,31,40H,5-6,15-20H2,1-4H3,(H,36,42)(H,38,41)(H,44,45). The molecule has 4 N–H and O–H groups in total. The number of unbranched alkanes of at least 4 members (excludes halogenated alkanes) is 1. The average molecular weight is 681 g/mol. The maximum atomic E-state index is 13.8. The van der Waals surface area contributed by atoms with Crippen LogP contribution in [0.2, 0.25) is 0 Å². The lowest BCUT2D eigenvalue weighted by Crippen LogP contribution is -2.58. The largest absolute Gasteiger partial charge is 0.494 e. The van der Waals surface area contributed by atoms with Gasteiger partial charge in [0.15, 0.2) is 0 Å². The van der Waals surface area contributed by atoms with E-state index in [-0.39, 0.29) is 37.6 Å². The molecule has 0 spiro atoms. The van der Waals surface area contributed by atoms with E-state index in [1.165, 1.54) is 17.0 Å². The fraction of sp³-hybridized carbons (Fsp3) is 0.457. The summed E-state index contributed by atoms with van der Waals surface area (Å²) in [6.45, 7) is 8.15. The van der Waals surface area contributed by atoms with E-state index in [1.54, 1.807) is 23.5 Å². The molecule has 3 aromatic rings. The molecule has 1 aliphatic heterocycles. The molecule has 48 heavy (non-hydrogen) atoms. The zero-order valence-electron chi connectivity index (χ0n) is 27.7. The van der Waals surface area contributed by atoms with E-state index in [4.69, 9.17) is 14.6 Å². The van der Waals surface area contributed by atoms with Gasteiger partial charge in [0.25, 0.3) is 0 Å². The Kier molecular flexibility index (Phi) is 12.7. The lowest BCUT2D eigenvalue weighted by Gasteiger charge is -2.35. The zero-order chi connectivity index (χ0) is 34.8. The van der Waals surface area contributed by atoms with Crippen molar-refractivity contribution in [3.63, 3.8) is 0 Å². The Hall–Kier alpha value is -4.33. The molecule has 1 aliphatic rings. The first-order valence-corrected chi connectivity index (χ1v) is 16.8. The molecule has 258 valence electrons. The number of likely N-dealkylation sites (tertiary alicyclic amines) is 1. The number of aromatic nitrogens is 1. The highest BCUT2D eigenvalue weighted by atomic mass is 32.1. The number of hydrogen-bond acceptors (Lipinski definition) is 9. The summed E-state index contributed by atoms with van der Waals surface area (Å²) in [7, 11) is 0. The molecule has 2 heterocycles. The molecular formula is C35H44N4O8S. The van der Waals surface area contributed by atoms with Gasteiger partial charge in [-0.1, -0.05) is 45.0 Å². The molecule has 3 atom stereocenters. The van der Waals surface area contributed by atoms with Gasteiger partial charge in [0.2, 0.25) is 17.7 Å². The predicted octanol–water partition coefficient (Wildman–Crippen LogP) is 3.80. The fourth-order valence-electron chi connectivity index (χ4n) is 5.34. The first-order chi connectivity index (χ1) is 22.8. The van der Waals surface area contributed by atoms with E-state index in [9.17, 15) is 24.3 Å². The Labute approximate surface area is 284 Å². The summed E-state index contributed by atoms with van der Waals surface area (Å²) in [5, 5.41) is 25.1. The maximum Gasteiger partial charge on any atom is 0.335 e. The highest BCUT2D eigenvalue weighted by Crippen LogP contribution is 2.28. The molecule has 0 aliphatic carbocycles. The minimum atomic E-state index is -1.00. The summed E-state index contributed by atoms with van der Waals surface area (Å²) in [4.78, 5) is 57.6. The zero-order valence-corrected chi connectivity index (χ0v) is 28.5. The number of carboxylic acids is 1. The van der Waals surface area contributed by atoms with Crippen molar-refractivity contribution < 1.29 is 38.9 Å². The number of aryl methyl sites for hydroxylation is 1. The van der Waals surface area contributed by atoms with Crippen LogP contribution in [0.5, 0.6) is 5.75 Å². The molecule has 0 saturated carbocycles. The van der Waals surface area contributed by atoms with E-state index in [2.05, 4.69) is 15.6 Å². The van der Waals surface area contributed by atoms with E-state index >= 15 is 0 Å². The van der Waals surface area contributed by atoms with Crippen molar-refractivity contribution in [2.75, 3.05) is 26.4 Å². The molecule has 1 aromatic heterocycles. The number of carboxylic acid groups (broad SMARTS) is 1. The quantitative estimate of drug-likeness (QED) is 0.175. The van der Waals surface area contributed by atoms with Crippen molar-refractivity contribution in [2.24, 2.45) is 5.41 Å². The minimum Gasteiger partial charge on any atom is -0.494 e. The number of hydrogen-bond donors (Lipinski definition) is 4. The van der Waals surface area contributed by atoms with Crippen LogP contribution in [0.1, 0.15) is 61.6 Å². The van der Waals surface area contributed by atoms with Crippen LogP contribution in [0, 0.1) is 12.3 Å². The Bertz CT molecular complexity index is 1550. The summed E-state index contributed by atoms with van der Waals surface area (Å²) in [5.74, 6) is -1.71. The van der Waals surface area contributed by atoms with E-state index < -0.39 is 41.4 Å². The van der Waals surface area contributed by atoms with Crippen LogP contribution in [0.15, 0.2) is 54.0 Å². The number of carbonyl (C=O) groups is 4. The molecule has 1 fully saturated rings.